The number of para-hydroxylation sites is 2. The highest BCUT2D eigenvalue weighted by Gasteiger charge is 2.18. The number of benzene rings is 3. The highest BCUT2D eigenvalue weighted by molar-refractivity contribution is 6.30. The summed E-state index contributed by atoms with van der Waals surface area (Å²) in [4.78, 5) is 12.3. The number of aromatic nitrogens is 1. The molecule has 1 aromatic heterocycles. The van der Waals surface area contributed by atoms with Gasteiger partial charge >= 0.3 is 5.91 Å². The smallest absolute Gasteiger partial charge is 0.302 e. The van der Waals surface area contributed by atoms with Crippen molar-refractivity contribution in [3.8, 4) is 17.4 Å². The maximum absolute atomic E-state index is 12.3. The maximum atomic E-state index is 12.3. The van der Waals surface area contributed by atoms with Gasteiger partial charge in [0, 0.05) is 16.0 Å². The van der Waals surface area contributed by atoms with Gasteiger partial charge in [0.1, 0.15) is 11.5 Å². The highest BCUT2D eigenvalue weighted by atomic mass is 35.5. The lowest BCUT2D eigenvalue weighted by atomic mass is 10.2. The van der Waals surface area contributed by atoms with Crippen molar-refractivity contribution in [1.29, 1.82) is 0 Å². The molecule has 0 saturated carbocycles. The van der Waals surface area contributed by atoms with Crippen molar-refractivity contribution >= 4 is 34.1 Å². The second-order valence-electron chi connectivity index (χ2n) is 8.28. The van der Waals surface area contributed by atoms with Crippen molar-refractivity contribution in [3.63, 3.8) is 0 Å². The van der Waals surface area contributed by atoms with E-state index in [1.54, 1.807) is 28.8 Å². The fourth-order valence-corrected chi connectivity index (χ4v) is 3.95. The van der Waals surface area contributed by atoms with Gasteiger partial charge in [0.2, 0.25) is 5.88 Å². The van der Waals surface area contributed by atoms with Crippen molar-refractivity contribution in [1.82, 2.24) is 4.57 Å². The summed E-state index contributed by atoms with van der Waals surface area (Å²) in [5.41, 5.74) is 1.93. The van der Waals surface area contributed by atoms with Crippen LogP contribution in [0.2, 0.25) is 5.02 Å². The zero-order valence-corrected chi connectivity index (χ0v) is 20.8. The van der Waals surface area contributed by atoms with Crippen LogP contribution >= 0.6 is 11.6 Å². The summed E-state index contributed by atoms with van der Waals surface area (Å²) in [6.45, 7) is 2.89. The molecule has 1 amide bonds. The summed E-state index contributed by atoms with van der Waals surface area (Å²) in [5.74, 6) is 0.626. The number of nitrogens with zero attached hydrogens (tertiary/aromatic N) is 3. The average molecular weight is 506 g/mol. The first-order valence-electron chi connectivity index (χ1n) is 11.9. The van der Waals surface area contributed by atoms with Crippen molar-refractivity contribution in [3.05, 3.63) is 83.4 Å². The molecule has 0 aliphatic rings. The summed E-state index contributed by atoms with van der Waals surface area (Å²) in [5, 5.41) is 20.2. The Labute approximate surface area is 214 Å². The Hall–Kier alpha value is -3.84. The molecule has 0 radical (unpaired) electrons. The van der Waals surface area contributed by atoms with Gasteiger partial charge in [-0.1, -0.05) is 67.8 Å². The third kappa shape index (κ3) is 6.23. The van der Waals surface area contributed by atoms with Crippen LogP contribution in [0.3, 0.4) is 0 Å². The molecule has 0 spiro atoms. The van der Waals surface area contributed by atoms with Crippen LogP contribution in [-0.2, 0) is 11.3 Å². The molecule has 0 aliphatic heterocycles. The molecule has 7 nitrogen and oxygen atoms in total. The van der Waals surface area contributed by atoms with E-state index in [9.17, 15) is 9.90 Å². The molecule has 1 heterocycles. The Kier molecular flexibility index (Phi) is 8.57. The van der Waals surface area contributed by atoms with Crippen molar-refractivity contribution in [2.75, 3.05) is 13.2 Å². The highest BCUT2D eigenvalue weighted by Crippen LogP contribution is 2.39. The molecule has 8 heteroatoms. The molecule has 0 bridgehead atoms. The van der Waals surface area contributed by atoms with Gasteiger partial charge in [0.05, 0.1) is 18.7 Å². The van der Waals surface area contributed by atoms with Gasteiger partial charge in [-0.25, -0.2) is 0 Å². The van der Waals surface area contributed by atoms with Crippen molar-refractivity contribution < 1.29 is 19.4 Å². The number of ether oxygens (including phenoxy) is 2. The number of unbranched alkanes of at least 4 members (excludes halogenated alkanes) is 2. The molecule has 0 atom stereocenters. The fourth-order valence-electron chi connectivity index (χ4n) is 3.82. The van der Waals surface area contributed by atoms with Gasteiger partial charge < -0.3 is 19.1 Å². The third-order valence-electron chi connectivity index (χ3n) is 5.66. The van der Waals surface area contributed by atoms with Crippen LogP contribution in [0, 0.1) is 0 Å². The van der Waals surface area contributed by atoms with Crippen LogP contribution in [0.4, 0.5) is 5.69 Å². The molecule has 36 heavy (non-hydrogen) atoms. The second-order valence-corrected chi connectivity index (χ2v) is 8.71. The minimum absolute atomic E-state index is 0.0767. The second kappa shape index (κ2) is 12.2. The lowest BCUT2D eigenvalue weighted by molar-refractivity contribution is -0.120. The summed E-state index contributed by atoms with van der Waals surface area (Å²) in [6.07, 6.45) is 3.23. The fraction of sp³-hybridized carbons (Fsp3) is 0.250. The number of hydrogen-bond acceptors (Lipinski definition) is 5. The monoisotopic (exact) mass is 505 g/mol. The molecule has 186 valence electrons. The zero-order chi connectivity index (χ0) is 25.3. The Bertz CT molecular complexity index is 1350. The number of aromatic hydroxyl groups is 1. The summed E-state index contributed by atoms with van der Waals surface area (Å²) >= 11 is 5.86. The van der Waals surface area contributed by atoms with E-state index in [-0.39, 0.29) is 18.2 Å². The molecule has 1 N–H and O–H groups in total. The first-order valence-corrected chi connectivity index (χ1v) is 12.3. The Morgan fingerprint density at radius 2 is 1.72 bits per heavy atom. The Balaban J connectivity index is 1.53. The van der Waals surface area contributed by atoms with E-state index < -0.39 is 5.91 Å². The van der Waals surface area contributed by atoms with Gasteiger partial charge in [0.15, 0.2) is 12.3 Å². The van der Waals surface area contributed by atoms with Crippen LogP contribution in [-0.4, -0.2) is 28.8 Å². The molecular weight excluding hydrogens is 478 g/mol. The zero-order valence-electron chi connectivity index (χ0n) is 20.1. The minimum Gasteiger partial charge on any atom is -0.493 e. The molecule has 3 aromatic carbocycles. The van der Waals surface area contributed by atoms with E-state index in [4.69, 9.17) is 21.1 Å². The van der Waals surface area contributed by atoms with Crippen LogP contribution in [0.1, 0.15) is 31.7 Å². The van der Waals surface area contributed by atoms with E-state index in [0.717, 1.165) is 36.1 Å². The van der Waals surface area contributed by atoms with E-state index in [2.05, 4.69) is 17.2 Å². The minimum atomic E-state index is -0.577. The number of rotatable bonds is 11. The molecule has 0 unspecified atom stereocenters. The van der Waals surface area contributed by atoms with Crippen LogP contribution in [0.15, 0.2) is 83.0 Å². The maximum Gasteiger partial charge on any atom is 0.302 e. The molecule has 0 fully saturated rings. The number of carbonyl (C=O) groups is 1. The van der Waals surface area contributed by atoms with E-state index in [0.29, 0.717) is 29.3 Å². The lowest BCUT2D eigenvalue weighted by Gasteiger charge is -2.13. The Morgan fingerprint density at radius 1 is 0.972 bits per heavy atom. The van der Waals surface area contributed by atoms with Crippen molar-refractivity contribution in [2.45, 2.75) is 32.7 Å². The van der Waals surface area contributed by atoms with E-state index in [1.165, 1.54) is 0 Å². The van der Waals surface area contributed by atoms with Crippen LogP contribution in [0.5, 0.6) is 17.4 Å². The predicted octanol–water partition coefficient (Wildman–Crippen LogP) is 7.31. The van der Waals surface area contributed by atoms with Gasteiger partial charge in [-0.3, -0.25) is 4.79 Å². The van der Waals surface area contributed by atoms with Crippen LogP contribution in [0.25, 0.3) is 10.9 Å². The van der Waals surface area contributed by atoms with Gasteiger partial charge in [-0.15, -0.1) is 10.2 Å². The Morgan fingerprint density at radius 3 is 2.53 bits per heavy atom. The summed E-state index contributed by atoms with van der Waals surface area (Å²) in [7, 11) is 0. The first kappa shape index (κ1) is 25.3. The lowest BCUT2D eigenvalue weighted by Crippen LogP contribution is -2.07. The molecule has 0 aliphatic carbocycles. The molecule has 4 rings (SSSR count). The van der Waals surface area contributed by atoms with E-state index in [1.807, 2.05) is 48.5 Å². The van der Waals surface area contributed by atoms with Gasteiger partial charge in [0.25, 0.3) is 0 Å². The number of azo groups is 1. The number of fused-ring (bicyclic) bond motifs is 1. The van der Waals surface area contributed by atoms with Gasteiger partial charge in [-0.05, 0) is 42.8 Å². The van der Waals surface area contributed by atoms with Crippen LogP contribution < -0.4 is 9.47 Å². The standard InChI is InChI=1S/C28H28ClN3O4/c1-2-3-8-17-35-25-12-7-4-9-20(25)18-32-24-11-6-5-10-23(24)27(28(32)34)31-30-26(33)19-36-22-15-13-21(29)14-16-22/h4-7,9-16,34H,2-3,8,17-19H2,1H3. The summed E-state index contributed by atoms with van der Waals surface area (Å²) < 4.78 is 13.2. The SMILES string of the molecule is CCCCCOc1ccccc1Cn1c(O)c(N=NC(=O)COc2ccc(Cl)cc2)c2ccccc21. The quantitative estimate of drug-likeness (QED) is 0.171. The average Bonchev–Trinajstić information content (AvgIpc) is 3.16. The molecule has 0 saturated heterocycles. The van der Waals surface area contributed by atoms with Gasteiger partial charge in [-0.2, -0.15) is 0 Å². The molecule has 4 aromatic rings. The molecular formula is C28H28ClN3O4. The van der Waals surface area contributed by atoms with Crippen molar-refractivity contribution in [2.24, 2.45) is 10.2 Å². The number of halogens is 1. The first-order chi connectivity index (χ1) is 17.6. The normalized spacial score (nSPS) is 11.3. The topological polar surface area (TPSA) is 85.4 Å². The summed E-state index contributed by atoms with van der Waals surface area (Å²) in [6, 6.07) is 21.9. The largest absolute Gasteiger partial charge is 0.493 e. The predicted molar refractivity (Wildman–Crippen MR) is 141 cm³/mol. The number of carbonyl (C=O) groups excluding carboxylic acids is 1. The number of amides is 1. The number of hydrogen-bond donors (Lipinski definition) is 1. The van der Waals surface area contributed by atoms with E-state index >= 15 is 0 Å². The third-order valence-corrected chi connectivity index (χ3v) is 5.91.